The summed E-state index contributed by atoms with van der Waals surface area (Å²) in [6.07, 6.45) is 4.87. The van der Waals surface area contributed by atoms with E-state index in [9.17, 15) is 0 Å². The maximum atomic E-state index is 4.39. The molecule has 0 aromatic carbocycles. The van der Waals surface area contributed by atoms with Gasteiger partial charge in [0, 0.05) is 36.8 Å². The van der Waals surface area contributed by atoms with Gasteiger partial charge in [0.25, 0.3) is 0 Å². The molecular formula is C13H23N3S. The molecular weight excluding hydrogens is 230 g/mol. The van der Waals surface area contributed by atoms with Crippen molar-refractivity contribution in [3.63, 3.8) is 0 Å². The van der Waals surface area contributed by atoms with E-state index in [-0.39, 0.29) is 0 Å². The van der Waals surface area contributed by atoms with Gasteiger partial charge in [-0.15, -0.1) is 11.3 Å². The number of hydrogen-bond acceptors (Lipinski definition) is 4. The predicted octanol–water partition coefficient (Wildman–Crippen LogP) is 3.20. The van der Waals surface area contributed by atoms with E-state index in [2.05, 4.69) is 36.0 Å². The third-order valence-electron chi connectivity index (χ3n) is 3.16. The van der Waals surface area contributed by atoms with Gasteiger partial charge in [-0.25, -0.2) is 4.98 Å². The summed E-state index contributed by atoms with van der Waals surface area (Å²) in [6.45, 7) is 9.93. The van der Waals surface area contributed by atoms with E-state index in [1.807, 2.05) is 6.20 Å². The quantitative estimate of drug-likeness (QED) is 0.809. The third kappa shape index (κ3) is 3.96. The lowest BCUT2D eigenvalue weighted by molar-refractivity contribution is 0.205. The monoisotopic (exact) mass is 253 g/mol. The largest absolute Gasteiger partial charge is 0.362 e. The van der Waals surface area contributed by atoms with Crippen molar-refractivity contribution in [2.24, 2.45) is 5.92 Å². The molecule has 0 atom stereocenters. The molecule has 0 spiro atoms. The first-order valence-corrected chi connectivity index (χ1v) is 7.43. The van der Waals surface area contributed by atoms with Crippen LogP contribution in [-0.4, -0.2) is 29.0 Å². The van der Waals surface area contributed by atoms with Crippen molar-refractivity contribution >= 4 is 16.5 Å². The van der Waals surface area contributed by atoms with Crippen LogP contribution in [0, 0.1) is 5.92 Å². The maximum Gasteiger partial charge on any atom is 0.182 e. The fourth-order valence-electron chi connectivity index (χ4n) is 1.90. The predicted molar refractivity (Wildman–Crippen MR) is 74.5 cm³/mol. The van der Waals surface area contributed by atoms with E-state index in [1.165, 1.54) is 24.3 Å². The Morgan fingerprint density at radius 3 is 2.88 bits per heavy atom. The zero-order valence-corrected chi connectivity index (χ0v) is 11.9. The van der Waals surface area contributed by atoms with Gasteiger partial charge in [0.2, 0.25) is 0 Å². The fourth-order valence-corrected chi connectivity index (χ4v) is 2.81. The summed E-state index contributed by atoms with van der Waals surface area (Å²) in [4.78, 5) is 8.33. The highest BCUT2D eigenvalue weighted by Gasteiger charge is 2.25. The van der Waals surface area contributed by atoms with Gasteiger partial charge in [-0.2, -0.15) is 0 Å². The highest BCUT2D eigenvalue weighted by atomic mass is 32.1. The van der Waals surface area contributed by atoms with Crippen molar-refractivity contribution in [1.29, 1.82) is 0 Å². The second-order valence-corrected chi connectivity index (χ2v) is 6.24. The summed E-state index contributed by atoms with van der Waals surface area (Å²) in [5, 5.41) is 4.33. The zero-order chi connectivity index (χ0) is 12.3. The Labute approximate surface area is 108 Å². The molecule has 1 aromatic rings. The van der Waals surface area contributed by atoms with Crippen molar-refractivity contribution in [2.75, 3.05) is 18.4 Å². The highest BCUT2D eigenvalue weighted by Crippen LogP contribution is 2.31. The molecule has 2 rings (SSSR count). The van der Waals surface area contributed by atoms with Gasteiger partial charge >= 0.3 is 0 Å². The van der Waals surface area contributed by atoms with Crippen LogP contribution in [0.3, 0.4) is 0 Å². The topological polar surface area (TPSA) is 28.2 Å². The molecule has 0 bridgehead atoms. The molecule has 0 radical (unpaired) electrons. The minimum Gasteiger partial charge on any atom is -0.362 e. The Hall–Kier alpha value is -0.610. The second kappa shape index (κ2) is 5.83. The lowest BCUT2D eigenvalue weighted by Gasteiger charge is -2.25. The number of nitrogens with one attached hydrogen (secondary N) is 1. The Bertz CT molecular complexity index is 344. The third-order valence-corrected chi connectivity index (χ3v) is 4.10. The van der Waals surface area contributed by atoms with Crippen molar-refractivity contribution in [2.45, 2.75) is 46.2 Å². The summed E-state index contributed by atoms with van der Waals surface area (Å²) in [5.74, 6) is 0.957. The molecule has 0 saturated heterocycles. The van der Waals surface area contributed by atoms with E-state index in [4.69, 9.17) is 0 Å². The normalized spacial score (nSPS) is 15.8. The van der Waals surface area contributed by atoms with Crippen molar-refractivity contribution in [1.82, 2.24) is 9.88 Å². The molecule has 1 aliphatic rings. The van der Waals surface area contributed by atoms with Gasteiger partial charge in [-0.3, -0.25) is 4.90 Å². The second-order valence-electron chi connectivity index (χ2n) is 5.13. The minimum atomic E-state index is 0.625. The minimum absolute atomic E-state index is 0.625. The summed E-state index contributed by atoms with van der Waals surface area (Å²) in [6, 6.07) is 0.625. The van der Waals surface area contributed by atoms with Crippen LogP contribution in [0.1, 0.15) is 38.5 Å². The summed E-state index contributed by atoms with van der Waals surface area (Å²) >= 11 is 1.79. The van der Waals surface area contributed by atoms with E-state index in [0.717, 1.165) is 24.1 Å². The summed E-state index contributed by atoms with van der Waals surface area (Å²) in [5.41, 5.74) is 0. The van der Waals surface area contributed by atoms with Crippen LogP contribution in [0.15, 0.2) is 6.20 Å². The molecule has 0 unspecified atom stereocenters. The Morgan fingerprint density at radius 1 is 1.53 bits per heavy atom. The van der Waals surface area contributed by atoms with Crippen LogP contribution in [0.2, 0.25) is 0 Å². The standard InChI is InChI=1S/C13H23N3S/c1-4-14-13-15-7-12(17-13)9-16(10(2)3)8-11-5-6-11/h7,10-11H,4-6,8-9H2,1-3H3,(H,14,15). The van der Waals surface area contributed by atoms with Crippen LogP contribution < -0.4 is 5.32 Å². The van der Waals surface area contributed by atoms with E-state index in [1.54, 1.807) is 11.3 Å². The molecule has 1 fully saturated rings. The lowest BCUT2D eigenvalue weighted by atomic mass is 10.2. The highest BCUT2D eigenvalue weighted by molar-refractivity contribution is 7.15. The molecule has 1 N–H and O–H groups in total. The van der Waals surface area contributed by atoms with Gasteiger partial charge in [0.15, 0.2) is 5.13 Å². The molecule has 4 heteroatoms. The Kier molecular flexibility index (Phi) is 4.40. The van der Waals surface area contributed by atoms with Crippen LogP contribution >= 0.6 is 11.3 Å². The smallest absolute Gasteiger partial charge is 0.182 e. The first-order valence-electron chi connectivity index (χ1n) is 6.61. The molecule has 3 nitrogen and oxygen atoms in total. The van der Waals surface area contributed by atoms with Gasteiger partial charge in [-0.05, 0) is 39.5 Å². The molecule has 1 saturated carbocycles. The summed E-state index contributed by atoms with van der Waals surface area (Å²) < 4.78 is 0. The fraction of sp³-hybridized carbons (Fsp3) is 0.769. The van der Waals surface area contributed by atoms with Crippen LogP contribution in [0.25, 0.3) is 0 Å². The Balaban J connectivity index is 1.90. The van der Waals surface area contributed by atoms with Crippen LogP contribution in [0.4, 0.5) is 5.13 Å². The van der Waals surface area contributed by atoms with Gasteiger partial charge < -0.3 is 5.32 Å². The van der Waals surface area contributed by atoms with E-state index >= 15 is 0 Å². The van der Waals surface area contributed by atoms with Crippen molar-refractivity contribution in [3.8, 4) is 0 Å². The molecule has 0 aliphatic heterocycles. The molecule has 1 aliphatic carbocycles. The number of nitrogens with zero attached hydrogens (tertiary/aromatic N) is 2. The van der Waals surface area contributed by atoms with E-state index < -0.39 is 0 Å². The van der Waals surface area contributed by atoms with Gasteiger partial charge in [0.05, 0.1) is 0 Å². The maximum absolute atomic E-state index is 4.39. The van der Waals surface area contributed by atoms with Crippen molar-refractivity contribution < 1.29 is 0 Å². The molecule has 17 heavy (non-hydrogen) atoms. The van der Waals surface area contributed by atoms with Gasteiger partial charge in [0.1, 0.15) is 0 Å². The number of aromatic nitrogens is 1. The number of rotatable bonds is 7. The van der Waals surface area contributed by atoms with Gasteiger partial charge in [-0.1, -0.05) is 0 Å². The average molecular weight is 253 g/mol. The van der Waals surface area contributed by atoms with Crippen molar-refractivity contribution in [3.05, 3.63) is 11.1 Å². The first kappa shape index (κ1) is 12.8. The SMILES string of the molecule is CCNc1ncc(CN(CC2CC2)C(C)C)s1. The first-order chi connectivity index (χ1) is 8.19. The average Bonchev–Trinajstić information content (AvgIpc) is 2.99. The number of thiazole rings is 1. The van der Waals surface area contributed by atoms with E-state index in [0.29, 0.717) is 6.04 Å². The number of anilines is 1. The number of hydrogen-bond donors (Lipinski definition) is 1. The zero-order valence-electron chi connectivity index (χ0n) is 11.1. The molecule has 1 aromatic heterocycles. The molecule has 0 amide bonds. The molecule has 96 valence electrons. The molecule has 1 heterocycles. The summed E-state index contributed by atoms with van der Waals surface area (Å²) in [7, 11) is 0. The van der Waals surface area contributed by atoms with Crippen LogP contribution in [-0.2, 0) is 6.54 Å². The lowest BCUT2D eigenvalue weighted by Crippen LogP contribution is -2.31. The van der Waals surface area contributed by atoms with Crippen LogP contribution in [0.5, 0.6) is 0 Å². The Morgan fingerprint density at radius 2 is 2.29 bits per heavy atom.